The number of hydrogen-bond donors (Lipinski definition) is 1. The Kier molecular flexibility index (Phi) is 7.98. The number of carbonyl (C=O) groups excluding carboxylic acids is 2. The van der Waals surface area contributed by atoms with Gasteiger partial charge in [0.25, 0.3) is 5.91 Å². The van der Waals surface area contributed by atoms with Crippen molar-refractivity contribution in [2.45, 2.75) is 17.7 Å². The average Bonchev–Trinajstić information content (AvgIpc) is 2.62. The average molecular weight is 361 g/mol. The molecule has 2 aromatic rings. The monoisotopic (exact) mass is 361 g/mol. The molecule has 25 heavy (non-hydrogen) atoms. The van der Waals surface area contributed by atoms with Crippen LogP contribution in [0, 0.1) is 5.82 Å². The van der Waals surface area contributed by atoms with Crippen molar-refractivity contribution < 1.29 is 18.7 Å². The van der Waals surface area contributed by atoms with Gasteiger partial charge in [-0.1, -0.05) is 30.3 Å². The van der Waals surface area contributed by atoms with E-state index in [2.05, 4.69) is 5.32 Å². The highest BCUT2D eigenvalue weighted by atomic mass is 32.2. The maximum absolute atomic E-state index is 12.8. The molecule has 0 aromatic heterocycles. The molecule has 0 atom stereocenters. The highest BCUT2D eigenvalue weighted by molar-refractivity contribution is 7.99. The van der Waals surface area contributed by atoms with Crippen molar-refractivity contribution in [3.8, 4) is 0 Å². The van der Waals surface area contributed by atoms with E-state index in [0.29, 0.717) is 18.7 Å². The fourth-order valence-electron chi connectivity index (χ4n) is 2.04. The number of nitrogens with one attached hydrogen (secondary N) is 1. The lowest BCUT2D eigenvalue weighted by molar-refractivity contribution is -0.148. The smallest absolute Gasteiger partial charge is 0.307 e. The van der Waals surface area contributed by atoms with Crippen LogP contribution < -0.4 is 5.32 Å². The highest BCUT2D eigenvalue weighted by Gasteiger charge is 2.07. The van der Waals surface area contributed by atoms with Crippen LogP contribution in [0.25, 0.3) is 0 Å². The van der Waals surface area contributed by atoms with Gasteiger partial charge < -0.3 is 10.1 Å². The molecule has 2 aromatic carbocycles. The molecular weight excluding hydrogens is 341 g/mol. The SMILES string of the molecule is O=C(COC(=O)CCSc1ccccc1)NCCc1ccc(F)cc1. The minimum absolute atomic E-state index is 0.252. The molecule has 0 aliphatic heterocycles. The fourth-order valence-corrected chi connectivity index (χ4v) is 2.89. The molecule has 0 saturated heterocycles. The van der Waals surface area contributed by atoms with Crippen molar-refractivity contribution in [1.82, 2.24) is 5.32 Å². The summed E-state index contributed by atoms with van der Waals surface area (Å²) in [5, 5.41) is 2.67. The van der Waals surface area contributed by atoms with Gasteiger partial charge >= 0.3 is 5.97 Å². The molecule has 0 spiro atoms. The van der Waals surface area contributed by atoms with E-state index in [4.69, 9.17) is 4.74 Å². The van der Waals surface area contributed by atoms with Crippen LogP contribution in [-0.2, 0) is 20.7 Å². The van der Waals surface area contributed by atoms with Gasteiger partial charge in [0.2, 0.25) is 0 Å². The third-order valence-corrected chi connectivity index (χ3v) is 4.35. The molecule has 4 nitrogen and oxygen atoms in total. The van der Waals surface area contributed by atoms with Gasteiger partial charge in [-0.3, -0.25) is 9.59 Å². The highest BCUT2D eigenvalue weighted by Crippen LogP contribution is 2.17. The Balaban J connectivity index is 1.54. The number of halogens is 1. The molecular formula is C19H20FNO3S. The summed E-state index contributed by atoms with van der Waals surface area (Å²) < 4.78 is 17.7. The lowest BCUT2D eigenvalue weighted by Crippen LogP contribution is -2.30. The van der Waals surface area contributed by atoms with Gasteiger partial charge in [0.15, 0.2) is 6.61 Å². The van der Waals surface area contributed by atoms with Crippen LogP contribution in [0.4, 0.5) is 4.39 Å². The lowest BCUT2D eigenvalue weighted by atomic mass is 10.1. The number of ether oxygens (including phenoxy) is 1. The first-order valence-electron chi connectivity index (χ1n) is 7.98. The van der Waals surface area contributed by atoms with Crippen molar-refractivity contribution in [2.24, 2.45) is 0 Å². The zero-order valence-corrected chi connectivity index (χ0v) is 14.6. The van der Waals surface area contributed by atoms with Gasteiger partial charge in [-0.2, -0.15) is 0 Å². The van der Waals surface area contributed by atoms with Crippen LogP contribution in [0.3, 0.4) is 0 Å². The fraction of sp³-hybridized carbons (Fsp3) is 0.263. The standard InChI is InChI=1S/C19H20FNO3S/c20-16-8-6-15(7-9-16)10-12-21-18(22)14-24-19(23)11-13-25-17-4-2-1-3-5-17/h1-9H,10-14H2,(H,21,22). The van der Waals surface area contributed by atoms with Crippen LogP contribution >= 0.6 is 11.8 Å². The zero-order chi connectivity index (χ0) is 17.9. The molecule has 1 amide bonds. The van der Waals surface area contributed by atoms with Crippen molar-refractivity contribution in [3.05, 3.63) is 66.0 Å². The second kappa shape index (κ2) is 10.5. The summed E-state index contributed by atoms with van der Waals surface area (Å²) >= 11 is 1.57. The van der Waals surface area contributed by atoms with E-state index in [0.717, 1.165) is 10.5 Å². The predicted octanol–water partition coefficient (Wildman–Crippen LogP) is 3.21. The first kappa shape index (κ1) is 19.0. The molecule has 0 unspecified atom stereocenters. The maximum Gasteiger partial charge on any atom is 0.307 e. The number of rotatable bonds is 9. The third kappa shape index (κ3) is 7.85. The molecule has 0 saturated carbocycles. The first-order valence-corrected chi connectivity index (χ1v) is 8.96. The molecule has 1 N–H and O–H groups in total. The summed E-state index contributed by atoms with van der Waals surface area (Å²) in [7, 11) is 0. The second-order valence-electron chi connectivity index (χ2n) is 5.30. The molecule has 0 bridgehead atoms. The molecule has 0 heterocycles. The Morgan fingerprint density at radius 1 is 1.04 bits per heavy atom. The maximum atomic E-state index is 12.8. The summed E-state index contributed by atoms with van der Waals surface area (Å²) in [4.78, 5) is 24.3. The summed E-state index contributed by atoms with van der Waals surface area (Å²) in [5.41, 5.74) is 0.927. The predicted molar refractivity (Wildman–Crippen MR) is 95.9 cm³/mol. The van der Waals surface area contributed by atoms with Gasteiger partial charge in [0.05, 0.1) is 6.42 Å². The molecule has 6 heteroatoms. The first-order chi connectivity index (χ1) is 12.1. The Hall–Kier alpha value is -2.34. The molecule has 0 aliphatic carbocycles. The normalized spacial score (nSPS) is 10.3. The largest absolute Gasteiger partial charge is 0.456 e. The Labute approximate surface area is 150 Å². The van der Waals surface area contributed by atoms with Gasteiger partial charge in [-0.25, -0.2) is 4.39 Å². The van der Waals surface area contributed by atoms with Crippen LogP contribution in [-0.4, -0.2) is 30.8 Å². The third-order valence-electron chi connectivity index (χ3n) is 3.33. The minimum Gasteiger partial charge on any atom is -0.456 e. The lowest BCUT2D eigenvalue weighted by Gasteiger charge is -2.07. The second-order valence-corrected chi connectivity index (χ2v) is 6.47. The quantitative estimate of drug-likeness (QED) is 0.550. The van der Waals surface area contributed by atoms with E-state index in [-0.39, 0.29) is 24.8 Å². The number of hydrogen-bond acceptors (Lipinski definition) is 4. The van der Waals surface area contributed by atoms with Gasteiger partial charge in [0, 0.05) is 17.2 Å². The van der Waals surface area contributed by atoms with Gasteiger partial charge in [-0.15, -0.1) is 11.8 Å². The summed E-state index contributed by atoms with van der Waals surface area (Å²) in [6, 6.07) is 15.9. The van der Waals surface area contributed by atoms with Crippen molar-refractivity contribution in [3.63, 3.8) is 0 Å². The summed E-state index contributed by atoms with van der Waals surface area (Å²) in [5.74, 6) is -0.414. The van der Waals surface area contributed by atoms with Crippen molar-refractivity contribution >= 4 is 23.6 Å². The van der Waals surface area contributed by atoms with Crippen molar-refractivity contribution in [1.29, 1.82) is 0 Å². The zero-order valence-electron chi connectivity index (χ0n) is 13.7. The number of esters is 1. The van der Waals surface area contributed by atoms with Crippen LogP contribution in [0.2, 0.25) is 0 Å². The van der Waals surface area contributed by atoms with Crippen molar-refractivity contribution in [2.75, 3.05) is 18.9 Å². The minimum atomic E-state index is -0.392. The topological polar surface area (TPSA) is 55.4 Å². The molecule has 2 rings (SSSR count). The van der Waals surface area contributed by atoms with E-state index >= 15 is 0 Å². The van der Waals surface area contributed by atoms with Gasteiger partial charge in [-0.05, 0) is 36.2 Å². The van der Waals surface area contributed by atoms with E-state index < -0.39 is 5.97 Å². The number of carbonyl (C=O) groups is 2. The number of benzene rings is 2. The Morgan fingerprint density at radius 3 is 2.48 bits per heavy atom. The van der Waals surface area contributed by atoms with Crippen LogP contribution in [0.15, 0.2) is 59.5 Å². The van der Waals surface area contributed by atoms with Crippen LogP contribution in [0.1, 0.15) is 12.0 Å². The summed E-state index contributed by atoms with van der Waals surface area (Å²) in [6.07, 6.45) is 0.843. The molecule has 0 radical (unpaired) electrons. The van der Waals surface area contributed by atoms with E-state index in [1.54, 1.807) is 23.9 Å². The van der Waals surface area contributed by atoms with Crippen LogP contribution in [0.5, 0.6) is 0 Å². The van der Waals surface area contributed by atoms with E-state index in [1.165, 1.54) is 12.1 Å². The Morgan fingerprint density at radius 2 is 1.76 bits per heavy atom. The van der Waals surface area contributed by atoms with E-state index in [9.17, 15) is 14.0 Å². The number of amides is 1. The molecule has 0 fully saturated rings. The molecule has 132 valence electrons. The van der Waals surface area contributed by atoms with E-state index in [1.807, 2.05) is 30.3 Å². The Bertz CT molecular complexity index is 677. The van der Waals surface area contributed by atoms with Gasteiger partial charge in [0.1, 0.15) is 5.82 Å². The summed E-state index contributed by atoms with van der Waals surface area (Å²) in [6.45, 7) is 0.129. The molecule has 0 aliphatic rings. The number of thioether (sulfide) groups is 1.